The van der Waals surface area contributed by atoms with Gasteiger partial charge in [-0.3, -0.25) is 9.79 Å². The number of carboxylic acids is 1. The molecule has 0 aliphatic rings. The monoisotopic (exact) mass is 294 g/mol. The molecule has 0 aromatic heterocycles. The van der Waals surface area contributed by atoms with E-state index in [0.29, 0.717) is 13.0 Å². The lowest BCUT2D eigenvalue weighted by Crippen LogP contribution is -2.41. The van der Waals surface area contributed by atoms with Crippen molar-refractivity contribution >= 4 is 33.8 Å². The smallest absolute Gasteiger partial charge is 0.326 e. The van der Waals surface area contributed by atoms with Gasteiger partial charge in [-0.15, -0.1) is 0 Å². The molecule has 7 nitrogen and oxygen atoms in total. The molecule has 0 aliphatic carbocycles. The summed E-state index contributed by atoms with van der Waals surface area (Å²) in [6.07, 6.45) is 0.766. The zero-order valence-electron chi connectivity index (χ0n) is 8.65. The van der Waals surface area contributed by atoms with Gasteiger partial charge < -0.3 is 21.9 Å². The lowest BCUT2D eigenvalue weighted by Gasteiger charge is -2.12. The minimum atomic E-state index is -1.07. The average molecular weight is 295 g/mol. The van der Waals surface area contributed by atoms with Gasteiger partial charge in [0.05, 0.1) is 5.33 Å². The number of hydrogen-bond donors (Lipinski definition) is 4. The van der Waals surface area contributed by atoms with Gasteiger partial charge >= 0.3 is 5.97 Å². The molecule has 0 rings (SSSR count). The largest absolute Gasteiger partial charge is 0.480 e. The number of aliphatic carboxylic acids is 1. The number of rotatable bonds is 7. The number of carbonyl (C=O) groups is 2. The Morgan fingerprint density at radius 2 is 2.06 bits per heavy atom. The zero-order valence-corrected chi connectivity index (χ0v) is 10.2. The van der Waals surface area contributed by atoms with E-state index >= 15 is 0 Å². The van der Waals surface area contributed by atoms with E-state index in [9.17, 15) is 9.59 Å². The molecule has 0 bridgehead atoms. The molecule has 0 aromatic rings. The molecule has 92 valence electrons. The van der Waals surface area contributed by atoms with E-state index < -0.39 is 12.0 Å². The van der Waals surface area contributed by atoms with Gasteiger partial charge in [0, 0.05) is 6.54 Å². The summed E-state index contributed by atoms with van der Waals surface area (Å²) in [6.45, 7) is 0.344. The SMILES string of the molecule is NC(N)=NCCCC(NC(=O)CBr)C(=O)O. The minimum Gasteiger partial charge on any atom is -0.480 e. The van der Waals surface area contributed by atoms with Crippen LogP contribution < -0.4 is 16.8 Å². The highest BCUT2D eigenvalue weighted by atomic mass is 79.9. The summed E-state index contributed by atoms with van der Waals surface area (Å²) in [6, 6.07) is -0.903. The molecule has 0 saturated carbocycles. The Balaban J connectivity index is 4.00. The molecular formula is C8H15BrN4O3. The number of carboxylic acid groups (broad SMARTS) is 1. The second-order valence-electron chi connectivity index (χ2n) is 3.04. The van der Waals surface area contributed by atoms with E-state index in [2.05, 4.69) is 26.2 Å². The number of nitrogens with two attached hydrogens (primary N) is 2. The fraction of sp³-hybridized carbons (Fsp3) is 0.625. The van der Waals surface area contributed by atoms with E-state index in [1.807, 2.05) is 0 Å². The van der Waals surface area contributed by atoms with Gasteiger partial charge in [-0.2, -0.15) is 0 Å². The zero-order chi connectivity index (χ0) is 12.6. The topological polar surface area (TPSA) is 131 Å². The fourth-order valence-corrected chi connectivity index (χ4v) is 1.16. The van der Waals surface area contributed by atoms with Crippen LogP contribution in [0.4, 0.5) is 0 Å². The fourth-order valence-electron chi connectivity index (χ4n) is 0.994. The first-order valence-corrected chi connectivity index (χ1v) is 5.73. The predicted octanol–water partition coefficient (Wildman–Crippen LogP) is -0.996. The van der Waals surface area contributed by atoms with Crippen LogP contribution in [-0.2, 0) is 9.59 Å². The molecule has 0 heterocycles. The third-order valence-electron chi connectivity index (χ3n) is 1.70. The molecule has 0 fully saturated rings. The van der Waals surface area contributed by atoms with Crippen molar-refractivity contribution < 1.29 is 14.7 Å². The summed E-state index contributed by atoms with van der Waals surface area (Å²) in [5.74, 6) is -1.47. The normalized spacial score (nSPS) is 11.6. The van der Waals surface area contributed by atoms with Gasteiger partial charge in [0.15, 0.2) is 5.96 Å². The number of halogens is 1. The highest BCUT2D eigenvalue weighted by Crippen LogP contribution is 1.99. The maximum Gasteiger partial charge on any atom is 0.326 e. The van der Waals surface area contributed by atoms with Crippen molar-refractivity contribution in [1.29, 1.82) is 0 Å². The number of nitrogens with one attached hydrogen (secondary N) is 1. The van der Waals surface area contributed by atoms with E-state index in [4.69, 9.17) is 16.6 Å². The Kier molecular flexibility index (Phi) is 7.27. The van der Waals surface area contributed by atoms with Crippen molar-refractivity contribution in [2.24, 2.45) is 16.5 Å². The first-order chi connectivity index (χ1) is 7.47. The van der Waals surface area contributed by atoms with Crippen molar-refractivity contribution in [2.75, 3.05) is 11.9 Å². The summed E-state index contributed by atoms with van der Waals surface area (Å²) in [4.78, 5) is 25.5. The Bertz CT molecular complexity index is 278. The lowest BCUT2D eigenvalue weighted by molar-refractivity contribution is -0.141. The second kappa shape index (κ2) is 7.91. The van der Waals surface area contributed by atoms with Crippen LogP contribution in [0.5, 0.6) is 0 Å². The van der Waals surface area contributed by atoms with Crippen LogP contribution in [0.3, 0.4) is 0 Å². The highest BCUT2D eigenvalue weighted by Gasteiger charge is 2.18. The Morgan fingerprint density at radius 1 is 1.44 bits per heavy atom. The molecule has 6 N–H and O–H groups in total. The number of amides is 1. The molecular weight excluding hydrogens is 280 g/mol. The van der Waals surface area contributed by atoms with Gasteiger partial charge in [0.25, 0.3) is 0 Å². The first-order valence-electron chi connectivity index (χ1n) is 4.61. The maximum absolute atomic E-state index is 11.0. The maximum atomic E-state index is 11.0. The van der Waals surface area contributed by atoms with E-state index in [0.717, 1.165) is 0 Å². The van der Waals surface area contributed by atoms with E-state index in [-0.39, 0.29) is 23.6 Å². The first kappa shape index (κ1) is 14.7. The third kappa shape index (κ3) is 7.04. The number of alkyl halides is 1. The number of guanidine groups is 1. The Hall–Kier alpha value is -1.31. The highest BCUT2D eigenvalue weighted by molar-refractivity contribution is 9.09. The van der Waals surface area contributed by atoms with Gasteiger partial charge in [-0.25, -0.2) is 4.79 Å². The Labute approximate surface area is 101 Å². The number of aliphatic imine (C=N–C) groups is 1. The molecule has 16 heavy (non-hydrogen) atoms. The third-order valence-corrected chi connectivity index (χ3v) is 2.21. The molecule has 0 spiro atoms. The minimum absolute atomic E-state index is 0.0311. The van der Waals surface area contributed by atoms with Crippen LogP contribution in [0.25, 0.3) is 0 Å². The van der Waals surface area contributed by atoms with Crippen LogP contribution in [-0.4, -0.2) is 40.9 Å². The van der Waals surface area contributed by atoms with Crippen molar-refractivity contribution in [3.05, 3.63) is 0 Å². The molecule has 0 aromatic carbocycles. The van der Waals surface area contributed by atoms with Gasteiger partial charge in [0.2, 0.25) is 5.91 Å². The van der Waals surface area contributed by atoms with Crippen molar-refractivity contribution in [3.8, 4) is 0 Å². The number of nitrogens with zero attached hydrogens (tertiary/aromatic N) is 1. The number of hydrogen-bond acceptors (Lipinski definition) is 3. The summed E-state index contributed by atoms with van der Waals surface area (Å²) < 4.78 is 0. The predicted molar refractivity (Wildman–Crippen MR) is 63.3 cm³/mol. The summed E-state index contributed by atoms with van der Waals surface area (Å²) >= 11 is 2.93. The standard InChI is InChI=1S/C8H15BrN4O3/c9-4-6(14)13-5(7(15)16)2-1-3-12-8(10)11/h5H,1-4H2,(H,13,14)(H,15,16)(H4,10,11,12). The van der Waals surface area contributed by atoms with Crippen LogP contribution in [0.1, 0.15) is 12.8 Å². The van der Waals surface area contributed by atoms with Crippen LogP contribution >= 0.6 is 15.9 Å². The van der Waals surface area contributed by atoms with Gasteiger partial charge in [-0.1, -0.05) is 15.9 Å². The molecule has 0 aliphatic heterocycles. The summed E-state index contributed by atoms with van der Waals surface area (Å²) in [5.41, 5.74) is 10.2. The second-order valence-corrected chi connectivity index (χ2v) is 3.60. The van der Waals surface area contributed by atoms with Crippen molar-refractivity contribution in [3.63, 3.8) is 0 Å². The van der Waals surface area contributed by atoms with Gasteiger partial charge in [0.1, 0.15) is 6.04 Å². The average Bonchev–Trinajstić information content (AvgIpc) is 2.21. The molecule has 8 heteroatoms. The molecule has 1 unspecified atom stereocenters. The Morgan fingerprint density at radius 3 is 2.50 bits per heavy atom. The molecule has 0 radical (unpaired) electrons. The van der Waals surface area contributed by atoms with Crippen LogP contribution in [0, 0.1) is 0 Å². The summed E-state index contributed by atoms with van der Waals surface area (Å²) in [7, 11) is 0. The lowest BCUT2D eigenvalue weighted by atomic mass is 10.1. The number of carbonyl (C=O) groups excluding carboxylic acids is 1. The quantitative estimate of drug-likeness (QED) is 0.207. The van der Waals surface area contributed by atoms with Crippen LogP contribution in [0.2, 0.25) is 0 Å². The van der Waals surface area contributed by atoms with Crippen LogP contribution in [0.15, 0.2) is 4.99 Å². The van der Waals surface area contributed by atoms with Crippen molar-refractivity contribution in [2.45, 2.75) is 18.9 Å². The molecule has 1 atom stereocenters. The van der Waals surface area contributed by atoms with E-state index in [1.54, 1.807) is 0 Å². The molecule has 1 amide bonds. The van der Waals surface area contributed by atoms with Gasteiger partial charge in [-0.05, 0) is 12.8 Å². The summed E-state index contributed by atoms with van der Waals surface area (Å²) in [5, 5.41) is 11.2. The van der Waals surface area contributed by atoms with Crippen molar-refractivity contribution in [1.82, 2.24) is 5.32 Å². The molecule has 0 saturated heterocycles. The van der Waals surface area contributed by atoms with E-state index in [1.165, 1.54) is 0 Å².